The van der Waals surface area contributed by atoms with Gasteiger partial charge in [-0.15, -0.1) is 0 Å². The Morgan fingerprint density at radius 1 is 1.02 bits per heavy atom. The van der Waals surface area contributed by atoms with E-state index in [9.17, 15) is 9.90 Å². The van der Waals surface area contributed by atoms with Crippen LogP contribution < -0.4 is 4.74 Å². The van der Waals surface area contributed by atoms with Gasteiger partial charge in [0.1, 0.15) is 17.3 Å². The van der Waals surface area contributed by atoms with E-state index in [0.29, 0.717) is 54.0 Å². The third kappa shape index (κ3) is 4.70. The van der Waals surface area contributed by atoms with Crippen molar-refractivity contribution in [3.8, 4) is 16.9 Å². The van der Waals surface area contributed by atoms with Crippen LogP contribution >= 0.6 is 0 Å². The minimum atomic E-state index is -1.04. The van der Waals surface area contributed by atoms with Crippen LogP contribution in [0.5, 0.6) is 5.75 Å². The van der Waals surface area contributed by atoms with Gasteiger partial charge in [0.05, 0.1) is 31.0 Å². The van der Waals surface area contributed by atoms with Crippen molar-refractivity contribution in [3.63, 3.8) is 0 Å². The number of fused-ring (bicyclic) bond motifs is 4. The fourth-order valence-electron chi connectivity index (χ4n) is 6.92. The van der Waals surface area contributed by atoms with Crippen LogP contribution in [0.3, 0.4) is 0 Å². The van der Waals surface area contributed by atoms with Crippen LogP contribution in [0.4, 0.5) is 4.39 Å². The first-order valence-electron chi connectivity index (χ1n) is 14.9. The number of carbonyl (C=O) groups is 1. The Kier molecular flexibility index (Phi) is 7.01. The van der Waals surface area contributed by atoms with Gasteiger partial charge in [0.2, 0.25) is 0 Å². The highest BCUT2D eigenvalue weighted by Crippen LogP contribution is 2.41. The molecule has 43 heavy (non-hydrogen) atoms. The third-order valence-corrected chi connectivity index (χ3v) is 9.01. The first-order valence-corrected chi connectivity index (χ1v) is 14.9. The molecule has 3 heterocycles. The van der Waals surface area contributed by atoms with E-state index in [0.717, 1.165) is 47.2 Å². The van der Waals surface area contributed by atoms with Gasteiger partial charge in [-0.2, -0.15) is 5.10 Å². The van der Waals surface area contributed by atoms with Crippen LogP contribution in [0.2, 0.25) is 0 Å². The van der Waals surface area contributed by atoms with Crippen molar-refractivity contribution < 1.29 is 23.8 Å². The van der Waals surface area contributed by atoms with Crippen molar-refractivity contribution in [2.24, 2.45) is 7.05 Å². The fraction of sp³-hybridized carbons (Fsp3) is 0.314. The van der Waals surface area contributed by atoms with Crippen LogP contribution in [0, 0.1) is 12.7 Å². The number of benzene rings is 3. The Bertz CT molecular complexity index is 1890. The summed E-state index contributed by atoms with van der Waals surface area (Å²) in [5.74, 6) is -0.528. The van der Waals surface area contributed by atoms with E-state index in [4.69, 9.17) is 9.47 Å². The molecule has 220 valence electrons. The molecule has 5 aromatic rings. The molecule has 2 aliphatic rings. The highest BCUT2D eigenvalue weighted by molar-refractivity contribution is 6.04. The maximum atomic E-state index is 16.0. The van der Waals surface area contributed by atoms with Gasteiger partial charge < -0.3 is 19.1 Å². The number of hydrogen-bond acceptors (Lipinski definition) is 4. The lowest BCUT2D eigenvalue weighted by atomic mass is 9.97. The predicted octanol–water partition coefficient (Wildman–Crippen LogP) is 6.77. The van der Waals surface area contributed by atoms with Gasteiger partial charge in [0.15, 0.2) is 0 Å². The number of ether oxygens (including phenoxy) is 2. The highest BCUT2D eigenvalue weighted by atomic mass is 19.1. The second-order valence-electron chi connectivity index (χ2n) is 11.5. The minimum absolute atomic E-state index is 0.181. The number of rotatable bonds is 6. The van der Waals surface area contributed by atoms with Crippen molar-refractivity contribution >= 4 is 16.9 Å². The third-order valence-electron chi connectivity index (χ3n) is 9.01. The molecule has 0 saturated carbocycles. The summed E-state index contributed by atoms with van der Waals surface area (Å²) in [5.41, 5.74) is 8.41. The van der Waals surface area contributed by atoms with Crippen LogP contribution in [0.1, 0.15) is 62.5 Å². The molecule has 3 aromatic carbocycles. The minimum Gasteiger partial charge on any atom is -0.493 e. The lowest BCUT2D eigenvalue weighted by Gasteiger charge is -2.15. The molecule has 0 bridgehead atoms. The van der Waals surface area contributed by atoms with E-state index >= 15 is 4.39 Å². The number of aromatic carboxylic acids is 1. The normalized spacial score (nSPS) is 14.2. The average Bonchev–Trinajstić information content (AvgIpc) is 3.67. The molecule has 0 fully saturated rings. The molecule has 1 aliphatic heterocycles. The van der Waals surface area contributed by atoms with Crippen LogP contribution in [-0.4, -0.2) is 32.0 Å². The zero-order chi connectivity index (χ0) is 29.7. The molecule has 0 radical (unpaired) electrons. The van der Waals surface area contributed by atoms with E-state index in [1.807, 2.05) is 50.4 Å². The predicted molar refractivity (Wildman–Crippen MR) is 162 cm³/mol. The van der Waals surface area contributed by atoms with E-state index in [1.165, 1.54) is 17.2 Å². The Morgan fingerprint density at radius 3 is 2.67 bits per heavy atom. The molecule has 8 heteroatoms. The standard InChI is InChI=1S/C35H34FN3O4/c1-21-31-29(37-38(21)2)20-42-19-24-9-4-3-8-23(24)18-39-33-27(15-16-28(36)32(31)33)26(34(39)35(40)41)13-7-17-43-30-14-6-11-22-10-5-12-25(22)30/h3-4,6,8-9,11,14-16H,5,7,10,12-13,17-20H2,1-2H3,(H,40,41). The highest BCUT2D eigenvalue weighted by Gasteiger charge is 2.30. The van der Waals surface area contributed by atoms with Gasteiger partial charge in [-0.3, -0.25) is 4.68 Å². The first kappa shape index (κ1) is 27.4. The SMILES string of the molecule is Cc1c2c(nn1C)COCc1ccccc1Cn1c(C(=O)O)c(CCCOc3cccc4c3CCC4)c3ccc(F)c-2c31. The molecule has 7 rings (SSSR count). The fourth-order valence-corrected chi connectivity index (χ4v) is 6.92. The number of carboxylic acid groups (broad SMARTS) is 1. The molecule has 1 N–H and O–H groups in total. The number of aryl methyl sites for hydroxylation is 3. The van der Waals surface area contributed by atoms with Gasteiger partial charge in [0, 0.05) is 35.8 Å². The second-order valence-corrected chi connectivity index (χ2v) is 11.5. The zero-order valence-electron chi connectivity index (χ0n) is 24.5. The van der Waals surface area contributed by atoms with Crippen molar-refractivity contribution in [1.29, 1.82) is 0 Å². The van der Waals surface area contributed by atoms with Crippen molar-refractivity contribution in [2.45, 2.75) is 58.8 Å². The quantitative estimate of drug-likeness (QED) is 0.225. The summed E-state index contributed by atoms with van der Waals surface area (Å²) in [7, 11) is 1.83. The number of halogens is 1. The van der Waals surface area contributed by atoms with E-state index in [-0.39, 0.29) is 18.8 Å². The Hall–Kier alpha value is -4.43. The largest absolute Gasteiger partial charge is 0.493 e. The van der Waals surface area contributed by atoms with Crippen LogP contribution in [-0.2, 0) is 50.8 Å². The van der Waals surface area contributed by atoms with Crippen molar-refractivity contribution in [1.82, 2.24) is 14.3 Å². The summed E-state index contributed by atoms with van der Waals surface area (Å²) in [6.45, 7) is 3.19. The maximum Gasteiger partial charge on any atom is 0.352 e. The summed E-state index contributed by atoms with van der Waals surface area (Å²) >= 11 is 0. The molecule has 1 aliphatic carbocycles. The molecule has 0 spiro atoms. The lowest BCUT2D eigenvalue weighted by molar-refractivity contribution is 0.0684. The molecule has 0 amide bonds. The zero-order valence-corrected chi connectivity index (χ0v) is 24.5. The van der Waals surface area contributed by atoms with Gasteiger partial charge in [0.25, 0.3) is 0 Å². The van der Waals surface area contributed by atoms with Crippen molar-refractivity contribution in [3.05, 3.63) is 105 Å². The Labute approximate surface area is 249 Å². The van der Waals surface area contributed by atoms with Gasteiger partial charge in [-0.25, -0.2) is 9.18 Å². The first-order chi connectivity index (χ1) is 20.9. The van der Waals surface area contributed by atoms with Crippen LogP contribution in [0.15, 0.2) is 54.6 Å². The van der Waals surface area contributed by atoms with Crippen LogP contribution in [0.25, 0.3) is 22.0 Å². The smallest absolute Gasteiger partial charge is 0.352 e. The number of nitrogens with zero attached hydrogens (tertiary/aromatic N) is 3. The van der Waals surface area contributed by atoms with Crippen molar-refractivity contribution in [2.75, 3.05) is 6.61 Å². The van der Waals surface area contributed by atoms with E-state index in [2.05, 4.69) is 11.2 Å². The van der Waals surface area contributed by atoms with Gasteiger partial charge >= 0.3 is 5.97 Å². The van der Waals surface area contributed by atoms with E-state index in [1.54, 1.807) is 15.3 Å². The Morgan fingerprint density at radius 2 is 1.84 bits per heavy atom. The summed E-state index contributed by atoms with van der Waals surface area (Å²) in [6, 6.07) is 17.3. The molecule has 7 nitrogen and oxygen atoms in total. The topological polar surface area (TPSA) is 78.5 Å². The molecule has 2 aromatic heterocycles. The summed E-state index contributed by atoms with van der Waals surface area (Å²) in [4.78, 5) is 13.0. The second kappa shape index (κ2) is 11.0. The maximum absolute atomic E-state index is 16.0. The molecule has 0 saturated heterocycles. The average molecular weight is 580 g/mol. The summed E-state index contributed by atoms with van der Waals surface area (Å²) in [5, 5.41) is 16.1. The molecular formula is C35H34FN3O4. The molecule has 0 atom stereocenters. The number of aromatic nitrogens is 3. The molecular weight excluding hydrogens is 545 g/mol. The number of carboxylic acids is 1. The van der Waals surface area contributed by atoms with E-state index < -0.39 is 11.8 Å². The molecule has 0 unspecified atom stereocenters. The number of hydrogen-bond donors (Lipinski definition) is 1. The summed E-state index contributed by atoms with van der Waals surface area (Å²) in [6.07, 6.45) is 4.36. The summed E-state index contributed by atoms with van der Waals surface area (Å²) < 4.78 is 31.9. The Balaban J connectivity index is 1.37. The lowest BCUT2D eigenvalue weighted by Crippen LogP contribution is -2.13. The van der Waals surface area contributed by atoms with Gasteiger partial charge in [-0.05, 0) is 85.0 Å². The monoisotopic (exact) mass is 579 g/mol. The van der Waals surface area contributed by atoms with Gasteiger partial charge in [-0.1, -0.05) is 36.4 Å².